The van der Waals surface area contributed by atoms with Crippen molar-refractivity contribution in [1.29, 1.82) is 0 Å². The number of hydrogen-bond acceptors (Lipinski definition) is 5. The summed E-state index contributed by atoms with van der Waals surface area (Å²) in [6.45, 7) is 0. The average molecular weight is 340 g/mol. The topological polar surface area (TPSA) is 85.7 Å². The molecule has 0 bridgehead atoms. The molecule has 24 heavy (non-hydrogen) atoms. The lowest BCUT2D eigenvalue weighted by Crippen LogP contribution is -2.10. The summed E-state index contributed by atoms with van der Waals surface area (Å²) >= 11 is 5.88. The number of benzene rings is 1. The number of fused-ring (bicyclic) bond motifs is 1. The Bertz CT molecular complexity index is 1070. The molecular weight excluding hydrogens is 330 g/mol. The van der Waals surface area contributed by atoms with Gasteiger partial charge in [-0.05, 0) is 12.1 Å². The molecule has 0 aliphatic heterocycles. The van der Waals surface area contributed by atoms with Crippen LogP contribution in [0.5, 0.6) is 11.8 Å². The van der Waals surface area contributed by atoms with Crippen molar-refractivity contribution in [3.8, 4) is 17.4 Å². The lowest BCUT2D eigenvalue weighted by molar-refractivity contribution is 0.440. The molecule has 0 amide bonds. The smallest absolute Gasteiger partial charge is 0.304 e. The zero-order valence-electron chi connectivity index (χ0n) is 12.2. The summed E-state index contributed by atoms with van der Waals surface area (Å²) in [7, 11) is 0. The minimum atomic E-state index is -0.341. The molecule has 0 aliphatic carbocycles. The molecule has 118 valence electrons. The Morgan fingerprint density at radius 1 is 1.12 bits per heavy atom. The van der Waals surface area contributed by atoms with Crippen LogP contribution in [0, 0.1) is 0 Å². The molecule has 3 heterocycles. The van der Waals surface area contributed by atoms with E-state index in [1.807, 2.05) is 30.3 Å². The van der Waals surface area contributed by atoms with E-state index in [1.54, 1.807) is 10.7 Å². The maximum absolute atomic E-state index is 12.2. The fraction of sp³-hybridized carbons (Fsp3) is 0. The van der Waals surface area contributed by atoms with E-state index in [0.717, 1.165) is 5.69 Å². The monoisotopic (exact) mass is 339 g/mol. The summed E-state index contributed by atoms with van der Waals surface area (Å²) in [6.07, 6.45) is 4.43. The lowest BCUT2D eigenvalue weighted by atomic mass is 10.3. The second-order valence-electron chi connectivity index (χ2n) is 4.94. The minimum Gasteiger partial charge on any atom is -0.424 e. The van der Waals surface area contributed by atoms with Gasteiger partial charge < -0.3 is 4.74 Å². The summed E-state index contributed by atoms with van der Waals surface area (Å²) in [5.74, 6) is 0.371. The van der Waals surface area contributed by atoms with Gasteiger partial charge in [0.15, 0.2) is 11.4 Å². The molecule has 0 radical (unpaired) electrons. The van der Waals surface area contributed by atoms with Crippen molar-refractivity contribution in [3.63, 3.8) is 0 Å². The summed E-state index contributed by atoms with van der Waals surface area (Å²) in [6, 6.07) is 11.0. The molecule has 8 heteroatoms. The van der Waals surface area contributed by atoms with Gasteiger partial charge in [0.05, 0.1) is 23.1 Å². The fourth-order valence-electron chi connectivity index (χ4n) is 2.26. The molecule has 3 aromatic heterocycles. The van der Waals surface area contributed by atoms with Gasteiger partial charge in [-0.2, -0.15) is 10.1 Å². The molecule has 4 rings (SSSR count). The minimum absolute atomic E-state index is 0.0363. The second kappa shape index (κ2) is 5.78. The van der Waals surface area contributed by atoms with E-state index in [2.05, 4.69) is 20.1 Å². The van der Waals surface area contributed by atoms with Crippen LogP contribution in [-0.2, 0) is 0 Å². The van der Waals surface area contributed by atoms with Gasteiger partial charge in [0.25, 0.3) is 5.56 Å². The molecule has 0 saturated heterocycles. The van der Waals surface area contributed by atoms with Crippen LogP contribution in [0.2, 0.25) is 5.02 Å². The number of nitrogens with zero attached hydrogens (tertiary/aromatic N) is 4. The number of aromatic nitrogens is 5. The Morgan fingerprint density at radius 2 is 1.96 bits per heavy atom. The molecule has 0 atom stereocenters. The largest absolute Gasteiger partial charge is 0.424 e. The highest BCUT2D eigenvalue weighted by Crippen LogP contribution is 2.21. The van der Waals surface area contributed by atoms with E-state index in [-0.39, 0.29) is 11.6 Å². The highest BCUT2D eigenvalue weighted by Gasteiger charge is 2.12. The van der Waals surface area contributed by atoms with Crippen LogP contribution in [0.1, 0.15) is 0 Å². The first-order valence-corrected chi connectivity index (χ1v) is 7.40. The number of nitrogens with one attached hydrogen (secondary N) is 1. The summed E-state index contributed by atoms with van der Waals surface area (Å²) in [5, 5.41) is 5.03. The van der Waals surface area contributed by atoms with Crippen LogP contribution in [0.25, 0.3) is 16.7 Å². The van der Waals surface area contributed by atoms with Crippen molar-refractivity contribution in [3.05, 3.63) is 70.4 Å². The molecule has 0 saturated carbocycles. The van der Waals surface area contributed by atoms with Gasteiger partial charge in [-0.25, -0.2) is 4.68 Å². The van der Waals surface area contributed by atoms with Gasteiger partial charge in [-0.1, -0.05) is 29.8 Å². The maximum Gasteiger partial charge on any atom is 0.304 e. The maximum atomic E-state index is 12.2. The van der Waals surface area contributed by atoms with E-state index in [9.17, 15) is 4.79 Å². The van der Waals surface area contributed by atoms with Crippen LogP contribution in [0.3, 0.4) is 0 Å². The SMILES string of the molecule is O=c1[nH]c(Oc2cncc(Cl)c2)nc2c1cnn2-c1ccccc1. The van der Waals surface area contributed by atoms with Crippen molar-refractivity contribution in [1.82, 2.24) is 24.7 Å². The van der Waals surface area contributed by atoms with Crippen LogP contribution in [0.4, 0.5) is 0 Å². The highest BCUT2D eigenvalue weighted by molar-refractivity contribution is 6.30. The van der Waals surface area contributed by atoms with E-state index in [1.165, 1.54) is 18.6 Å². The molecule has 7 nitrogen and oxygen atoms in total. The molecular formula is C16H10ClN5O2. The van der Waals surface area contributed by atoms with Crippen LogP contribution < -0.4 is 10.3 Å². The Balaban J connectivity index is 1.82. The average Bonchev–Trinajstić information content (AvgIpc) is 3.00. The first-order valence-electron chi connectivity index (χ1n) is 7.02. The predicted molar refractivity (Wildman–Crippen MR) is 88.8 cm³/mol. The third kappa shape index (κ3) is 2.61. The normalized spacial score (nSPS) is 10.9. The van der Waals surface area contributed by atoms with E-state index >= 15 is 0 Å². The van der Waals surface area contributed by atoms with Crippen LogP contribution in [-0.4, -0.2) is 24.7 Å². The second-order valence-corrected chi connectivity index (χ2v) is 5.38. The van der Waals surface area contributed by atoms with Crippen molar-refractivity contribution >= 4 is 22.6 Å². The Labute approximate surface area is 140 Å². The van der Waals surface area contributed by atoms with E-state index in [0.29, 0.717) is 21.8 Å². The number of ether oxygens (including phenoxy) is 1. The highest BCUT2D eigenvalue weighted by atomic mass is 35.5. The zero-order valence-corrected chi connectivity index (χ0v) is 12.9. The van der Waals surface area contributed by atoms with Gasteiger partial charge in [0.2, 0.25) is 0 Å². The molecule has 0 fully saturated rings. The summed E-state index contributed by atoms with van der Waals surface area (Å²) in [4.78, 5) is 23.1. The first kappa shape index (κ1) is 14.4. The quantitative estimate of drug-likeness (QED) is 0.620. The molecule has 0 aliphatic rings. The molecule has 1 aromatic carbocycles. The van der Waals surface area contributed by atoms with Gasteiger partial charge in [-0.3, -0.25) is 14.8 Å². The zero-order chi connectivity index (χ0) is 16.5. The number of rotatable bonds is 3. The van der Waals surface area contributed by atoms with Gasteiger partial charge >= 0.3 is 6.01 Å². The molecule has 4 aromatic rings. The van der Waals surface area contributed by atoms with Crippen molar-refractivity contribution in [2.45, 2.75) is 0 Å². The Kier molecular flexibility index (Phi) is 3.47. The summed E-state index contributed by atoms with van der Waals surface area (Å²) < 4.78 is 7.13. The van der Waals surface area contributed by atoms with E-state index < -0.39 is 0 Å². The third-order valence-corrected chi connectivity index (χ3v) is 3.52. The number of pyridine rings is 1. The molecule has 1 N–H and O–H groups in total. The van der Waals surface area contributed by atoms with Crippen molar-refractivity contribution in [2.24, 2.45) is 0 Å². The third-order valence-electron chi connectivity index (χ3n) is 3.31. The first-order chi connectivity index (χ1) is 11.7. The number of para-hydroxylation sites is 1. The number of aromatic amines is 1. The Morgan fingerprint density at radius 3 is 2.75 bits per heavy atom. The molecule has 0 unspecified atom stereocenters. The number of halogens is 1. The number of H-pyrrole nitrogens is 1. The fourth-order valence-corrected chi connectivity index (χ4v) is 2.43. The van der Waals surface area contributed by atoms with Crippen molar-refractivity contribution < 1.29 is 4.74 Å². The molecule has 0 spiro atoms. The van der Waals surface area contributed by atoms with Crippen molar-refractivity contribution in [2.75, 3.05) is 0 Å². The lowest BCUT2D eigenvalue weighted by Gasteiger charge is -2.06. The number of hydrogen-bond donors (Lipinski definition) is 1. The van der Waals surface area contributed by atoms with Gasteiger partial charge in [0.1, 0.15) is 5.39 Å². The standard InChI is InChI=1S/C16H10ClN5O2/c17-10-6-12(8-18-7-10)24-16-20-14-13(15(23)21-16)9-19-22(14)11-4-2-1-3-5-11/h1-9H,(H,20,21,23). The van der Waals surface area contributed by atoms with Crippen LogP contribution in [0.15, 0.2) is 59.8 Å². The summed E-state index contributed by atoms with van der Waals surface area (Å²) in [5.41, 5.74) is 0.850. The predicted octanol–water partition coefficient (Wildman–Crippen LogP) is 2.95. The van der Waals surface area contributed by atoms with Crippen LogP contribution >= 0.6 is 11.6 Å². The van der Waals surface area contributed by atoms with Gasteiger partial charge in [0, 0.05) is 12.3 Å². The Hall–Kier alpha value is -3.19. The van der Waals surface area contributed by atoms with E-state index in [4.69, 9.17) is 16.3 Å². The van der Waals surface area contributed by atoms with Gasteiger partial charge in [-0.15, -0.1) is 0 Å².